The van der Waals surface area contributed by atoms with Crippen LogP contribution in [0.15, 0.2) is 58.3 Å². The minimum absolute atomic E-state index is 0.0290. The molecule has 0 amide bonds. The number of H-pyrrole nitrogens is 1. The zero-order chi connectivity index (χ0) is 17.1. The molecule has 0 aliphatic heterocycles. The number of phenolic OH excluding ortho intramolecular Hbond substituents is 1. The molecule has 0 spiro atoms. The molecule has 0 unspecified atom stereocenters. The third kappa shape index (κ3) is 3.04. The van der Waals surface area contributed by atoms with Crippen molar-refractivity contribution in [2.24, 2.45) is 4.99 Å². The molecule has 0 saturated carbocycles. The lowest BCUT2D eigenvalue weighted by atomic mass is 10.3. The lowest BCUT2D eigenvalue weighted by Gasteiger charge is -2.01. The molecule has 0 aliphatic carbocycles. The molecule has 0 radical (unpaired) electrons. The van der Waals surface area contributed by atoms with Gasteiger partial charge < -0.3 is 9.84 Å². The van der Waals surface area contributed by atoms with Gasteiger partial charge >= 0.3 is 0 Å². The normalized spacial score (nSPS) is 11.1. The summed E-state index contributed by atoms with van der Waals surface area (Å²) < 4.78 is 6.55. The summed E-state index contributed by atoms with van der Waals surface area (Å²) in [5, 5.41) is 13.2. The third-order valence-corrected chi connectivity index (χ3v) is 3.65. The summed E-state index contributed by atoms with van der Waals surface area (Å²) in [6, 6.07) is 13.4. The van der Waals surface area contributed by atoms with Gasteiger partial charge in [-0.1, -0.05) is 23.7 Å². The van der Waals surface area contributed by atoms with Crippen molar-refractivity contribution in [2.45, 2.75) is 0 Å². The lowest BCUT2D eigenvalue weighted by Crippen LogP contribution is -2.17. The first kappa shape index (κ1) is 15.9. The SMILES string of the molecule is COc1[nH]n(-c2ccc(Cl)cc2)c(=O)c1C=Nc1ccccc1O. The highest BCUT2D eigenvalue weighted by molar-refractivity contribution is 6.30. The summed E-state index contributed by atoms with van der Waals surface area (Å²) in [7, 11) is 1.45. The van der Waals surface area contributed by atoms with E-state index in [4.69, 9.17) is 16.3 Å². The zero-order valence-electron chi connectivity index (χ0n) is 12.7. The topological polar surface area (TPSA) is 79.6 Å². The number of nitrogens with zero attached hydrogens (tertiary/aromatic N) is 2. The van der Waals surface area contributed by atoms with E-state index in [0.717, 1.165) is 0 Å². The Hall–Kier alpha value is -2.99. The molecule has 1 aromatic heterocycles. The van der Waals surface area contributed by atoms with E-state index in [1.165, 1.54) is 24.1 Å². The van der Waals surface area contributed by atoms with Crippen LogP contribution < -0.4 is 10.3 Å². The van der Waals surface area contributed by atoms with Crippen molar-refractivity contribution in [2.75, 3.05) is 7.11 Å². The smallest absolute Gasteiger partial charge is 0.284 e. The largest absolute Gasteiger partial charge is 0.506 e. The summed E-state index contributed by atoms with van der Waals surface area (Å²) in [5.41, 5.74) is 0.896. The first-order chi connectivity index (χ1) is 11.6. The van der Waals surface area contributed by atoms with Gasteiger partial charge in [-0.15, -0.1) is 0 Å². The number of rotatable bonds is 4. The number of phenols is 1. The quantitative estimate of drug-likeness (QED) is 0.713. The maximum Gasteiger partial charge on any atom is 0.284 e. The Balaban J connectivity index is 2.04. The van der Waals surface area contributed by atoms with E-state index in [1.807, 2.05) is 0 Å². The Morgan fingerprint density at radius 1 is 1.21 bits per heavy atom. The lowest BCUT2D eigenvalue weighted by molar-refractivity contribution is 0.393. The zero-order valence-corrected chi connectivity index (χ0v) is 13.5. The molecule has 3 rings (SSSR count). The maximum atomic E-state index is 12.6. The van der Waals surface area contributed by atoms with E-state index in [0.29, 0.717) is 16.4 Å². The standard InChI is InChI=1S/C17H14ClN3O3/c1-24-16-13(10-19-14-4-2-3-5-15(14)22)17(23)21(20-16)12-8-6-11(18)7-9-12/h2-10,20,22H,1H3. The van der Waals surface area contributed by atoms with Crippen LogP contribution in [0.25, 0.3) is 5.69 Å². The van der Waals surface area contributed by atoms with Gasteiger partial charge in [0.05, 0.1) is 12.8 Å². The van der Waals surface area contributed by atoms with Crippen LogP contribution in [-0.2, 0) is 0 Å². The minimum atomic E-state index is -0.326. The molecule has 24 heavy (non-hydrogen) atoms. The molecule has 7 heteroatoms. The predicted molar refractivity (Wildman–Crippen MR) is 93.3 cm³/mol. The van der Waals surface area contributed by atoms with Gasteiger partial charge in [-0.25, -0.2) is 4.68 Å². The van der Waals surface area contributed by atoms with Crippen molar-refractivity contribution >= 4 is 23.5 Å². The predicted octanol–water partition coefficient (Wildman–Crippen LogP) is 3.28. The average molecular weight is 344 g/mol. The van der Waals surface area contributed by atoms with Gasteiger partial charge in [-0.2, -0.15) is 0 Å². The number of hydrogen-bond donors (Lipinski definition) is 2. The van der Waals surface area contributed by atoms with E-state index in [1.54, 1.807) is 42.5 Å². The Morgan fingerprint density at radius 2 is 1.92 bits per heavy atom. The number of ether oxygens (including phenoxy) is 1. The van der Waals surface area contributed by atoms with Crippen LogP contribution in [0.4, 0.5) is 5.69 Å². The third-order valence-electron chi connectivity index (χ3n) is 3.39. The number of aromatic amines is 1. The average Bonchev–Trinajstić information content (AvgIpc) is 2.91. The Kier molecular flexibility index (Phi) is 4.39. The number of aromatic nitrogens is 2. The first-order valence-electron chi connectivity index (χ1n) is 7.07. The van der Waals surface area contributed by atoms with Crippen molar-refractivity contribution in [1.82, 2.24) is 9.78 Å². The first-order valence-corrected chi connectivity index (χ1v) is 7.45. The van der Waals surface area contributed by atoms with E-state index >= 15 is 0 Å². The summed E-state index contributed by atoms with van der Waals surface area (Å²) in [4.78, 5) is 16.8. The molecule has 2 N–H and O–H groups in total. The monoisotopic (exact) mass is 343 g/mol. The second-order valence-electron chi connectivity index (χ2n) is 4.92. The van der Waals surface area contributed by atoms with Gasteiger partial charge in [0.1, 0.15) is 17.0 Å². The highest BCUT2D eigenvalue weighted by atomic mass is 35.5. The van der Waals surface area contributed by atoms with Gasteiger partial charge in [0, 0.05) is 11.2 Å². The van der Waals surface area contributed by atoms with Crippen molar-refractivity contribution < 1.29 is 9.84 Å². The van der Waals surface area contributed by atoms with E-state index < -0.39 is 0 Å². The van der Waals surface area contributed by atoms with Crippen LogP contribution in [0.5, 0.6) is 11.6 Å². The summed E-state index contributed by atoms with van der Waals surface area (Å²) in [6.45, 7) is 0. The molecule has 1 heterocycles. The minimum Gasteiger partial charge on any atom is -0.506 e. The molecule has 0 fully saturated rings. The molecule has 0 aliphatic rings. The Morgan fingerprint density at radius 3 is 2.58 bits per heavy atom. The fraction of sp³-hybridized carbons (Fsp3) is 0.0588. The van der Waals surface area contributed by atoms with Crippen LogP contribution in [0.1, 0.15) is 5.56 Å². The second kappa shape index (κ2) is 6.64. The molecule has 2 aromatic carbocycles. The van der Waals surface area contributed by atoms with Crippen LogP contribution >= 0.6 is 11.6 Å². The van der Waals surface area contributed by atoms with Crippen LogP contribution in [0.3, 0.4) is 0 Å². The van der Waals surface area contributed by atoms with Crippen LogP contribution in [0, 0.1) is 0 Å². The van der Waals surface area contributed by atoms with E-state index in [9.17, 15) is 9.90 Å². The molecule has 6 nitrogen and oxygen atoms in total. The number of nitrogens with one attached hydrogen (secondary N) is 1. The summed E-state index contributed by atoms with van der Waals surface area (Å²) in [6.07, 6.45) is 1.36. The van der Waals surface area contributed by atoms with E-state index in [2.05, 4.69) is 10.1 Å². The van der Waals surface area contributed by atoms with Crippen molar-refractivity contribution in [1.29, 1.82) is 0 Å². The van der Waals surface area contributed by atoms with Crippen molar-refractivity contribution in [3.05, 3.63) is 69.5 Å². The number of para-hydroxylation sites is 2. The number of hydrogen-bond acceptors (Lipinski definition) is 4. The Bertz CT molecular complexity index is 942. The molecule has 0 saturated heterocycles. The summed E-state index contributed by atoms with van der Waals surface area (Å²) in [5.74, 6) is 0.301. The molecule has 0 bridgehead atoms. The number of halogens is 1. The molecule has 0 atom stereocenters. The van der Waals surface area contributed by atoms with Crippen molar-refractivity contribution in [3.8, 4) is 17.3 Å². The van der Waals surface area contributed by atoms with Crippen molar-refractivity contribution in [3.63, 3.8) is 0 Å². The van der Waals surface area contributed by atoms with E-state index in [-0.39, 0.29) is 22.8 Å². The second-order valence-corrected chi connectivity index (χ2v) is 5.36. The van der Waals surface area contributed by atoms with Gasteiger partial charge in [-0.3, -0.25) is 14.9 Å². The molecule has 122 valence electrons. The molecular weight excluding hydrogens is 330 g/mol. The Labute approximate surface area is 142 Å². The van der Waals surface area contributed by atoms with Crippen LogP contribution in [0.2, 0.25) is 5.02 Å². The highest BCUT2D eigenvalue weighted by Gasteiger charge is 2.14. The molecular formula is C17H14ClN3O3. The van der Waals surface area contributed by atoms with Gasteiger partial charge in [0.15, 0.2) is 0 Å². The van der Waals surface area contributed by atoms with Crippen LogP contribution in [-0.4, -0.2) is 28.2 Å². The molecule has 3 aromatic rings. The highest BCUT2D eigenvalue weighted by Crippen LogP contribution is 2.25. The number of aromatic hydroxyl groups is 1. The number of benzene rings is 2. The fourth-order valence-corrected chi connectivity index (χ4v) is 2.30. The number of aliphatic imine (C=N–C) groups is 1. The summed E-state index contributed by atoms with van der Waals surface area (Å²) >= 11 is 5.87. The fourth-order valence-electron chi connectivity index (χ4n) is 2.18. The van der Waals surface area contributed by atoms with Gasteiger partial charge in [-0.05, 0) is 36.4 Å². The maximum absolute atomic E-state index is 12.6. The van der Waals surface area contributed by atoms with Gasteiger partial charge in [0.2, 0.25) is 5.88 Å². The van der Waals surface area contributed by atoms with Gasteiger partial charge in [0.25, 0.3) is 5.56 Å². The number of methoxy groups -OCH3 is 1.